The van der Waals surface area contributed by atoms with Gasteiger partial charge in [-0.1, -0.05) is 20.3 Å². The van der Waals surface area contributed by atoms with Gasteiger partial charge in [-0.15, -0.1) is 0 Å². The second-order valence-electron chi connectivity index (χ2n) is 10.1. The third-order valence-electron chi connectivity index (χ3n) is 8.74. The fourth-order valence-corrected chi connectivity index (χ4v) is 7.96. The summed E-state index contributed by atoms with van der Waals surface area (Å²) in [7, 11) is 0. The number of carbonyl (C=O) groups is 2. The largest absolute Gasteiger partial charge is 0.481 e. The van der Waals surface area contributed by atoms with Gasteiger partial charge in [0.25, 0.3) is 0 Å². The van der Waals surface area contributed by atoms with E-state index < -0.39 is 17.5 Å². The molecule has 4 aliphatic carbocycles. The highest BCUT2D eigenvalue weighted by Gasteiger charge is 2.70. The highest BCUT2D eigenvalue weighted by molar-refractivity contribution is 5.88. The van der Waals surface area contributed by atoms with Crippen molar-refractivity contribution in [2.75, 3.05) is 0 Å². The number of fused-ring (bicyclic) bond motifs is 3. The maximum absolute atomic E-state index is 12.7. The molecule has 134 valence electrons. The minimum Gasteiger partial charge on any atom is -0.481 e. The van der Waals surface area contributed by atoms with Crippen molar-refractivity contribution in [2.45, 2.75) is 78.2 Å². The van der Waals surface area contributed by atoms with Crippen LogP contribution in [0.2, 0.25) is 0 Å². The fraction of sp³-hybridized carbons (Fsp3) is 0.900. The fourth-order valence-electron chi connectivity index (χ4n) is 7.96. The van der Waals surface area contributed by atoms with Gasteiger partial charge in [0.05, 0.1) is 11.5 Å². The van der Waals surface area contributed by atoms with E-state index >= 15 is 0 Å². The van der Waals surface area contributed by atoms with Crippen LogP contribution < -0.4 is 0 Å². The lowest BCUT2D eigenvalue weighted by Crippen LogP contribution is -2.62. The SMILES string of the molecule is C[C@]12C[C@H](O)[C@@H]3[C@@](CC[C@H]4[C@@]3(C)CCC[C@@]4(C)C(=O)O)(CC1=O)C2. The first-order chi connectivity index (χ1) is 11.1. The molecule has 0 heterocycles. The van der Waals surface area contributed by atoms with Crippen LogP contribution in [0.4, 0.5) is 0 Å². The van der Waals surface area contributed by atoms with Crippen LogP contribution in [0.15, 0.2) is 0 Å². The van der Waals surface area contributed by atoms with Gasteiger partial charge in [-0.2, -0.15) is 0 Å². The van der Waals surface area contributed by atoms with Crippen molar-refractivity contribution in [3.63, 3.8) is 0 Å². The highest BCUT2D eigenvalue weighted by Crippen LogP contribution is 2.72. The number of aliphatic hydroxyl groups excluding tert-OH is 1. The van der Waals surface area contributed by atoms with E-state index in [0.29, 0.717) is 18.6 Å². The van der Waals surface area contributed by atoms with Gasteiger partial charge < -0.3 is 10.2 Å². The molecule has 4 rings (SSSR count). The Hall–Kier alpha value is -0.900. The van der Waals surface area contributed by atoms with Crippen LogP contribution >= 0.6 is 0 Å². The van der Waals surface area contributed by atoms with Crippen molar-refractivity contribution in [1.29, 1.82) is 0 Å². The van der Waals surface area contributed by atoms with Crippen molar-refractivity contribution >= 4 is 11.8 Å². The molecule has 7 atom stereocenters. The molecule has 0 amide bonds. The first kappa shape index (κ1) is 16.6. The summed E-state index contributed by atoms with van der Waals surface area (Å²) in [6, 6.07) is 0. The molecular weight excluding hydrogens is 304 g/mol. The van der Waals surface area contributed by atoms with Crippen LogP contribution in [-0.4, -0.2) is 28.1 Å². The van der Waals surface area contributed by atoms with Crippen LogP contribution in [0.5, 0.6) is 0 Å². The summed E-state index contributed by atoms with van der Waals surface area (Å²) in [5.74, 6) is -0.196. The number of carboxylic acid groups (broad SMARTS) is 1. The summed E-state index contributed by atoms with van der Waals surface area (Å²) in [5.41, 5.74) is -1.32. The first-order valence-electron chi connectivity index (χ1n) is 9.52. The molecule has 0 unspecified atom stereocenters. The predicted octanol–water partition coefficient (Wildman–Crippen LogP) is 3.41. The average Bonchev–Trinajstić information content (AvgIpc) is 2.63. The number of Topliss-reactive ketones (excluding diaryl/α,β-unsaturated/α-hetero) is 1. The van der Waals surface area contributed by atoms with E-state index in [1.54, 1.807) is 0 Å². The van der Waals surface area contributed by atoms with E-state index in [4.69, 9.17) is 0 Å². The quantitative estimate of drug-likeness (QED) is 0.770. The standard InChI is InChI=1S/C20H30O4/c1-17-9-12(21)15-18(2)6-4-7-19(3,16(23)24)13(18)5-8-20(15,11-17)10-14(17)22/h12-13,15,21H,4-11H2,1-3H3,(H,23,24)/t12-,13-,15-,17+,18+,19+,20-/m0/s1. The van der Waals surface area contributed by atoms with Crippen LogP contribution in [-0.2, 0) is 9.59 Å². The van der Waals surface area contributed by atoms with Gasteiger partial charge in [-0.05, 0) is 68.1 Å². The predicted molar refractivity (Wildman–Crippen MR) is 89.3 cm³/mol. The molecule has 2 N–H and O–H groups in total. The lowest BCUT2D eigenvalue weighted by atomic mass is 9.40. The van der Waals surface area contributed by atoms with E-state index in [2.05, 4.69) is 6.92 Å². The minimum absolute atomic E-state index is 0.0715. The molecule has 0 aromatic rings. The van der Waals surface area contributed by atoms with Crippen LogP contribution in [0.1, 0.15) is 72.1 Å². The Morgan fingerprint density at radius 2 is 1.88 bits per heavy atom. The van der Waals surface area contributed by atoms with Gasteiger partial charge >= 0.3 is 5.97 Å². The monoisotopic (exact) mass is 334 g/mol. The summed E-state index contributed by atoms with van der Waals surface area (Å²) in [5, 5.41) is 21.0. The maximum Gasteiger partial charge on any atom is 0.309 e. The van der Waals surface area contributed by atoms with Gasteiger partial charge in [0.15, 0.2) is 0 Å². The number of carboxylic acids is 1. The number of hydrogen-bond acceptors (Lipinski definition) is 3. The molecule has 1 spiro atoms. The molecule has 0 aromatic heterocycles. The molecule has 4 nitrogen and oxygen atoms in total. The Labute approximate surface area is 144 Å². The number of ketones is 1. The molecule has 4 saturated carbocycles. The van der Waals surface area contributed by atoms with E-state index in [1.165, 1.54) is 0 Å². The molecule has 0 saturated heterocycles. The Kier molecular flexibility index (Phi) is 3.19. The van der Waals surface area contributed by atoms with Crippen molar-refractivity contribution in [1.82, 2.24) is 0 Å². The van der Waals surface area contributed by atoms with E-state index in [-0.39, 0.29) is 28.1 Å². The van der Waals surface area contributed by atoms with Gasteiger partial charge in [0.1, 0.15) is 5.78 Å². The highest BCUT2D eigenvalue weighted by atomic mass is 16.4. The van der Waals surface area contributed by atoms with E-state index in [9.17, 15) is 19.8 Å². The van der Waals surface area contributed by atoms with Crippen LogP contribution in [0.25, 0.3) is 0 Å². The Morgan fingerprint density at radius 3 is 2.54 bits per heavy atom. The van der Waals surface area contributed by atoms with E-state index in [0.717, 1.165) is 38.5 Å². The lowest BCUT2D eigenvalue weighted by molar-refractivity contribution is -0.204. The smallest absolute Gasteiger partial charge is 0.309 e. The average molecular weight is 334 g/mol. The van der Waals surface area contributed by atoms with Crippen molar-refractivity contribution < 1.29 is 19.8 Å². The zero-order chi connectivity index (χ0) is 17.5. The number of aliphatic carboxylic acids is 1. The third kappa shape index (κ3) is 1.79. The summed E-state index contributed by atoms with van der Waals surface area (Å²) >= 11 is 0. The first-order valence-corrected chi connectivity index (χ1v) is 9.52. The summed E-state index contributed by atoms with van der Waals surface area (Å²) in [4.78, 5) is 24.7. The summed E-state index contributed by atoms with van der Waals surface area (Å²) in [6.07, 6.45) is 5.98. The third-order valence-corrected chi connectivity index (χ3v) is 8.74. The zero-order valence-electron chi connectivity index (χ0n) is 15.1. The molecular formula is C20H30O4. The summed E-state index contributed by atoms with van der Waals surface area (Å²) in [6.45, 7) is 6.16. The van der Waals surface area contributed by atoms with Gasteiger partial charge in [-0.3, -0.25) is 9.59 Å². The molecule has 4 aliphatic rings. The topological polar surface area (TPSA) is 74.6 Å². The second-order valence-corrected chi connectivity index (χ2v) is 10.1. The number of hydrogen-bond donors (Lipinski definition) is 2. The number of rotatable bonds is 1. The molecule has 0 aliphatic heterocycles. The van der Waals surface area contributed by atoms with Crippen molar-refractivity contribution in [3.05, 3.63) is 0 Å². The van der Waals surface area contributed by atoms with E-state index in [1.807, 2.05) is 13.8 Å². The summed E-state index contributed by atoms with van der Waals surface area (Å²) < 4.78 is 0. The zero-order valence-corrected chi connectivity index (χ0v) is 15.1. The Bertz CT molecular complexity index is 615. The van der Waals surface area contributed by atoms with Crippen molar-refractivity contribution in [3.8, 4) is 0 Å². The number of aliphatic hydroxyl groups is 1. The maximum atomic E-state index is 12.7. The van der Waals surface area contributed by atoms with Gasteiger partial charge in [0.2, 0.25) is 0 Å². The Morgan fingerprint density at radius 1 is 1.17 bits per heavy atom. The number of carbonyl (C=O) groups excluding carboxylic acids is 1. The van der Waals surface area contributed by atoms with Crippen molar-refractivity contribution in [2.24, 2.45) is 33.5 Å². The molecule has 2 bridgehead atoms. The molecule has 0 radical (unpaired) electrons. The molecule has 4 fully saturated rings. The normalized spacial score (nSPS) is 56.5. The van der Waals surface area contributed by atoms with Gasteiger partial charge in [0, 0.05) is 11.8 Å². The molecule has 24 heavy (non-hydrogen) atoms. The van der Waals surface area contributed by atoms with Gasteiger partial charge in [-0.25, -0.2) is 0 Å². The van der Waals surface area contributed by atoms with Crippen LogP contribution in [0, 0.1) is 33.5 Å². The molecule has 4 heteroatoms. The molecule has 0 aromatic carbocycles. The Balaban J connectivity index is 1.80. The lowest BCUT2D eigenvalue weighted by Gasteiger charge is -2.64. The minimum atomic E-state index is -0.697. The second kappa shape index (κ2) is 4.63. The van der Waals surface area contributed by atoms with Crippen LogP contribution in [0.3, 0.4) is 0 Å².